The van der Waals surface area contributed by atoms with Crippen molar-refractivity contribution < 1.29 is 0 Å². The lowest BCUT2D eigenvalue weighted by molar-refractivity contribution is 1.01. The molecule has 0 saturated carbocycles. The smallest absolute Gasteiger partial charge is 0.0285 e. The number of rotatable bonds is 1. The highest BCUT2D eigenvalue weighted by Gasteiger charge is 2.23. The normalized spacial score (nSPS) is 17.5. The average Bonchev–Trinajstić information content (AvgIpc) is 3.01. The zero-order valence-electron chi connectivity index (χ0n) is 12.6. The summed E-state index contributed by atoms with van der Waals surface area (Å²) in [6.07, 6.45) is 6.77. The molecule has 0 fully saturated rings. The molecule has 108 valence electrons. The molecule has 1 heteroatoms. The van der Waals surface area contributed by atoms with Gasteiger partial charge in [0.15, 0.2) is 0 Å². The summed E-state index contributed by atoms with van der Waals surface area (Å²) in [7, 11) is 1.34. The summed E-state index contributed by atoms with van der Waals surface area (Å²) in [5.74, 6) is 0.340. The van der Waals surface area contributed by atoms with Gasteiger partial charge in [0.2, 0.25) is 0 Å². The molecule has 0 amide bonds. The van der Waals surface area contributed by atoms with Crippen LogP contribution >= 0.6 is 8.20 Å². The molecule has 3 aromatic rings. The monoisotopic (exact) mass is 310 g/mol. The molecule has 0 bridgehead atoms. The van der Waals surface area contributed by atoms with E-state index in [1.807, 2.05) is 0 Å². The van der Waals surface area contributed by atoms with Gasteiger partial charge in [0.1, 0.15) is 0 Å². The maximum Gasteiger partial charge on any atom is 0.0285 e. The summed E-state index contributed by atoms with van der Waals surface area (Å²) in [4.78, 5) is 1.44. The van der Waals surface area contributed by atoms with E-state index >= 15 is 0 Å². The minimum absolute atomic E-state index is 0.340. The summed E-state index contributed by atoms with van der Waals surface area (Å²) < 4.78 is 0. The van der Waals surface area contributed by atoms with Gasteiger partial charge in [-0.1, -0.05) is 81.0 Å². The second kappa shape index (κ2) is 5.05. The maximum atomic E-state index is 2.33. The highest BCUT2D eigenvalue weighted by atomic mass is 31.1. The maximum absolute atomic E-state index is 2.33. The Hall–Kier alpha value is -2.43. The molecular formula is C22H15P. The molecule has 1 aliphatic carbocycles. The van der Waals surface area contributed by atoms with E-state index in [-0.39, 0.29) is 0 Å². The van der Waals surface area contributed by atoms with Crippen LogP contribution in [0.2, 0.25) is 0 Å². The van der Waals surface area contributed by atoms with Crippen LogP contribution in [0.25, 0.3) is 17.2 Å². The first-order valence-corrected chi connectivity index (χ1v) is 8.86. The van der Waals surface area contributed by atoms with Crippen LogP contribution in [0.4, 0.5) is 0 Å². The van der Waals surface area contributed by atoms with Gasteiger partial charge in [-0.2, -0.15) is 0 Å². The molecule has 1 aliphatic heterocycles. The lowest BCUT2D eigenvalue weighted by Gasteiger charge is -2.21. The standard InChI is InChI=1S/C22H15P/c1-2-7-15(8-3-1)17-11-6-9-16-13-14-20-22(21(16)17)18-10-4-5-12-19(18)23-20/h1-14,17H. The zero-order valence-corrected chi connectivity index (χ0v) is 13.5. The lowest BCUT2D eigenvalue weighted by atomic mass is 9.82. The van der Waals surface area contributed by atoms with E-state index < -0.39 is 0 Å². The van der Waals surface area contributed by atoms with Gasteiger partial charge < -0.3 is 0 Å². The van der Waals surface area contributed by atoms with Crippen molar-refractivity contribution in [2.24, 2.45) is 0 Å². The first kappa shape index (κ1) is 13.0. The minimum Gasteiger partial charge on any atom is -0.0726 e. The van der Waals surface area contributed by atoms with E-state index in [1.165, 1.54) is 45.9 Å². The molecule has 2 aliphatic rings. The quantitative estimate of drug-likeness (QED) is 0.448. The Balaban J connectivity index is 1.85. The van der Waals surface area contributed by atoms with Gasteiger partial charge in [-0.05, 0) is 39.6 Å². The zero-order chi connectivity index (χ0) is 15.2. The van der Waals surface area contributed by atoms with Gasteiger partial charge in [0.05, 0.1) is 0 Å². The van der Waals surface area contributed by atoms with E-state index in [1.54, 1.807) is 0 Å². The van der Waals surface area contributed by atoms with Crippen molar-refractivity contribution in [2.45, 2.75) is 5.92 Å². The van der Waals surface area contributed by atoms with Gasteiger partial charge in [-0.25, -0.2) is 0 Å². The molecule has 0 radical (unpaired) electrons. The van der Waals surface area contributed by atoms with E-state index in [0.29, 0.717) is 5.92 Å². The molecule has 0 spiro atoms. The number of hydrogen-bond acceptors (Lipinski definition) is 0. The predicted octanol–water partition coefficient (Wildman–Crippen LogP) is 4.67. The molecule has 1 atom stereocenters. The predicted molar refractivity (Wildman–Crippen MR) is 98.8 cm³/mol. The highest BCUT2D eigenvalue weighted by Crippen LogP contribution is 2.38. The van der Waals surface area contributed by atoms with Crippen LogP contribution < -0.4 is 10.5 Å². The SMILES string of the molecule is C1=CC(c2ccccc2)c2c3c(ccc2=C1)=Pc1ccccc1-3. The Morgan fingerprint density at radius 1 is 0.783 bits per heavy atom. The number of fused-ring (bicyclic) bond motifs is 5. The number of benzene rings is 3. The summed E-state index contributed by atoms with van der Waals surface area (Å²) in [5.41, 5.74) is 5.70. The molecule has 23 heavy (non-hydrogen) atoms. The fourth-order valence-corrected chi connectivity index (χ4v) is 4.93. The summed E-state index contributed by atoms with van der Waals surface area (Å²) in [5, 5.41) is 2.78. The van der Waals surface area contributed by atoms with Crippen LogP contribution in [0.15, 0.2) is 78.9 Å². The van der Waals surface area contributed by atoms with E-state index in [9.17, 15) is 0 Å². The van der Waals surface area contributed by atoms with Gasteiger partial charge >= 0.3 is 0 Å². The topological polar surface area (TPSA) is 0 Å². The molecular weight excluding hydrogens is 295 g/mol. The first-order chi connectivity index (χ1) is 11.4. The number of allylic oxidation sites excluding steroid dienone is 2. The van der Waals surface area contributed by atoms with Gasteiger partial charge in [-0.15, -0.1) is 0 Å². The van der Waals surface area contributed by atoms with Gasteiger partial charge in [0, 0.05) is 16.2 Å². The third kappa shape index (κ3) is 1.96. The third-order valence-electron chi connectivity index (χ3n) is 4.72. The fourth-order valence-electron chi connectivity index (χ4n) is 3.70. The molecule has 1 unspecified atom stereocenters. The van der Waals surface area contributed by atoms with E-state index in [0.717, 1.165) is 0 Å². The van der Waals surface area contributed by atoms with Crippen LogP contribution in [0.1, 0.15) is 17.0 Å². The van der Waals surface area contributed by atoms with Crippen molar-refractivity contribution >= 4 is 19.6 Å². The summed E-state index contributed by atoms with van der Waals surface area (Å²) in [6.45, 7) is 0. The van der Waals surface area contributed by atoms with Crippen LogP contribution in [0.5, 0.6) is 0 Å². The molecule has 0 saturated heterocycles. The third-order valence-corrected chi connectivity index (χ3v) is 5.97. The van der Waals surface area contributed by atoms with Crippen molar-refractivity contribution in [1.29, 1.82) is 0 Å². The summed E-state index contributed by atoms with van der Waals surface area (Å²) in [6, 6.07) is 24.2. The van der Waals surface area contributed by atoms with Crippen molar-refractivity contribution in [3.8, 4) is 11.1 Å². The highest BCUT2D eigenvalue weighted by molar-refractivity contribution is 7.40. The molecule has 0 nitrogen and oxygen atoms in total. The second-order valence-electron chi connectivity index (χ2n) is 6.03. The Bertz CT molecular complexity index is 1060. The Labute approximate surface area is 137 Å². The molecule has 0 aromatic heterocycles. The van der Waals surface area contributed by atoms with Crippen LogP contribution in [0, 0.1) is 4.94 Å². The first-order valence-electron chi connectivity index (χ1n) is 7.96. The molecule has 1 heterocycles. The molecule has 3 aromatic carbocycles. The average molecular weight is 310 g/mol. The van der Waals surface area contributed by atoms with Gasteiger partial charge in [0.25, 0.3) is 0 Å². The van der Waals surface area contributed by atoms with Crippen molar-refractivity contribution in [3.05, 3.63) is 100 Å². The van der Waals surface area contributed by atoms with Crippen molar-refractivity contribution in [1.82, 2.24) is 0 Å². The van der Waals surface area contributed by atoms with Crippen LogP contribution in [-0.4, -0.2) is 0 Å². The largest absolute Gasteiger partial charge is 0.0726 e. The van der Waals surface area contributed by atoms with Gasteiger partial charge in [-0.3, -0.25) is 0 Å². The van der Waals surface area contributed by atoms with Crippen LogP contribution in [0.3, 0.4) is 0 Å². The summed E-state index contributed by atoms with van der Waals surface area (Å²) >= 11 is 0. The Morgan fingerprint density at radius 2 is 1.61 bits per heavy atom. The Morgan fingerprint density at radius 3 is 2.52 bits per heavy atom. The fraction of sp³-hybridized carbons (Fsp3) is 0.0455. The minimum atomic E-state index is 0.340. The number of hydrogen-bond donors (Lipinski definition) is 0. The van der Waals surface area contributed by atoms with Crippen LogP contribution in [-0.2, 0) is 0 Å². The molecule has 0 N–H and O–H groups in total. The van der Waals surface area contributed by atoms with Crippen molar-refractivity contribution in [2.75, 3.05) is 0 Å². The van der Waals surface area contributed by atoms with Crippen molar-refractivity contribution in [3.63, 3.8) is 0 Å². The van der Waals surface area contributed by atoms with E-state index in [2.05, 4.69) is 85.0 Å². The molecule has 5 rings (SSSR count). The Kier molecular flexibility index (Phi) is 2.86. The van der Waals surface area contributed by atoms with E-state index in [4.69, 9.17) is 0 Å². The second-order valence-corrected chi connectivity index (χ2v) is 7.22. The lowest BCUT2D eigenvalue weighted by Crippen LogP contribution is -2.17.